The molecular formula is C16H21NO3. The SMILES string of the molecule is CC(=O)N1CCC2(CC1)C[C@@H](Oc1ccccc1)CO2. The highest BCUT2D eigenvalue weighted by Gasteiger charge is 2.43. The van der Waals surface area contributed by atoms with E-state index in [1.54, 1.807) is 6.92 Å². The summed E-state index contributed by atoms with van der Waals surface area (Å²) in [4.78, 5) is 13.3. The fraction of sp³-hybridized carbons (Fsp3) is 0.562. The predicted molar refractivity (Wildman–Crippen MR) is 75.6 cm³/mol. The highest BCUT2D eigenvalue weighted by molar-refractivity contribution is 5.73. The van der Waals surface area contributed by atoms with Crippen LogP contribution in [0.15, 0.2) is 30.3 Å². The molecule has 0 aromatic heterocycles. The standard InChI is InChI=1S/C16H21NO3/c1-13(18)17-9-7-16(8-10-17)11-15(12-19-16)20-14-5-3-2-4-6-14/h2-6,15H,7-12H2,1H3/t15-/m1/s1. The average Bonchev–Trinajstić information content (AvgIpc) is 2.83. The zero-order chi connectivity index (χ0) is 14.0. The Balaban J connectivity index is 1.56. The molecule has 0 unspecified atom stereocenters. The zero-order valence-electron chi connectivity index (χ0n) is 11.9. The molecule has 108 valence electrons. The second kappa shape index (κ2) is 5.44. The van der Waals surface area contributed by atoms with E-state index in [0.29, 0.717) is 6.61 Å². The predicted octanol–water partition coefficient (Wildman–Crippen LogP) is 2.24. The van der Waals surface area contributed by atoms with Gasteiger partial charge in [-0.1, -0.05) is 18.2 Å². The minimum absolute atomic E-state index is 0.0780. The Hall–Kier alpha value is -1.55. The van der Waals surface area contributed by atoms with Gasteiger partial charge in [0.15, 0.2) is 0 Å². The van der Waals surface area contributed by atoms with Gasteiger partial charge in [-0.15, -0.1) is 0 Å². The van der Waals surface area contributed by atoms with E-state index < -0.39 is 0 Å². The lowest BCUT2D eigenvalue weighted by Crippen LogP contribution is -2.46. The third kappa shape index (κ3) is 2.80. The maximum Gasteiger partial charge on any atom is 0.219 e. The topological polar surface area (TPSA) is 38.8 Å². The summed E-state index contributed by atoms with van der Waals surface area (Å²) < 4.78 is 12.0. The van der Waals surface area contributed by atoms with Crippen LogP contribution in [0.3, 0.4) is 0 Å². The molecule has 1 aromatic rings. The molecule has 0 radical (unpaired) electrons. The summed E-state index contributed by atoms with van der Waals surface area (Å²) in [6.07, 6.45) is 2.89. The minimum atomic E-state index is -0.0780. The van der Waals surface area contributed by atoms with E-state index >= 15 is 0 Å². The second-order valence-corrected chi connectivity index (χ2v) is 5.76. The van der Waals surface area contributed by atoms with E-state index in [2.05, 4.69) is 0 Å². The van der Waals surface area contributed by atoms with Crippen molar-refractivity contribution < 1.29 is 14.3 Å². The van der Waals surface area contributed by atoms with Crippen LogP contribution in [0.4, 0.5) is 0 Å². The van der Waals surface area contributed by atoms with Gasteiger partial charge in [0, 0.05) is 26.4 Å². The molecule has 0 saturated carbocycles. The molecule has 20 heavy (non-hydrogen) atoms. The van der Waals surface area contributed by atoms with E-state index in [0.717, 1.165) is 38.1 Å². The number of para-hydroxylation sites is 1. The molecule has 1 aromatic carbocycles. The Kier molecular flexibility index (Phi) is 3.66. The number of ether oxygens (including phenoxy) is 2. The minimum Gasteiger partial charge on any atom is -0.488 e. The monoisotopic (exact) mass is 275 g/mol. The van der Waals surface area contributed by atoms with Gasteiger partial charge in [-0.05, 0) is 25.0 Å². The summed E-state index contributed by atoms with van der Waals surface area (Å²) in [5.41, 5.74) is -0.0780. The van der Waals surface area contributed by atoms with Gasteiger partial charge < -0.3 is 14.4 Å². The molecule has 2 fully saturated rings. The number of likely N-dealkylation sites (tertiary alicyclic amines) is 1. The first kappa shape index (κ1) is 13.4. The van der Waals surface area contributed by atoms with Crippen LogP contribution in [-0.4, -0.2) is 42.2 Å². The average molecular weight is 275 g/mol. The van der Waals surface area contributed by atoms with Crippen molar-refractivity contribution in [1.82, 2.24) is 4.90 Å². The van der Waals surface area contributed by atoms with Crippen LogP contribution in [0.1, 0.15) is 26.2 Å². The first-order valence-electron chi connectivity index (χ1n) is 7.28. The first-order valence-corrected chi connectivity index (χ1v) is 7.28. The molecular weight excluding hydrogens is 254 g/mol. The Morgan fingerprint density at radius 2 is 2.00 bits per heavy atom. The third-order valence-corrected chi connectivity index (χ3v) is 4.34. The van der Waals surface area contributed by atoms with Crippen molar-refractivity contribution in [2.24, 2.45) is 0 Å². The van der Waals surface area contributed by atoms with Crippen LogP contribution in [-0.2, 0) is 9.53 Å². The van der Waals surface area contributed by atoms with E-state index in [-0.39, 0.29) is 17.6 Å². The number of nitrogens with zero attached hydrogens (tertiary/aromatic N) is 1. The lowest BCUT2D eigenvalue weighted by molar-refractivity contribution is -0.133. The van der Waals surface area contributed by atoms with Crippen molar-refractivity contribution in [1.29, 1.82) is 0 Å². The van der Waals surface area contributed by atoms with Crippen LogP contribution in [0.25, 0.3) is 0 Å². The molecule has 0 aliphatic carbocycles. The Morgan fingerprint density at radius 3 is 2.65 bits per heavy atom. The van der Waals surface area contributed by atoms with Gasteiger partial charge in [-0.25, -0.2) is 0 Å². The van der Waals surface area contributed by atoms with Gasteiger partial charge >= 0.3 is 0 Å². The molecule has 0 N–H and O–H groups in total. The molecule has 1 spiro atoms. The summed E-state index contributed by atoms with van der Waals surface area (Å²) in [6, 6.07) is 9.89. The number of hydrogen-bond acceptors (Lipinski definition) is 3. The summed E-state index contributed by atoms with van der Waals surface area (Å²) in [5.74, 6) is 1.06. The number of piperidine rings is 1. The van der Waals surface area contributed by atoms with E-state index in [9.17, 15) is 4.79 Å². The van der Waals surface area contributed by atoms with Crippen LogP contribution in [0, 0.1) is 0 Å². The molecule has 2 heterocycles. The third-order valence-electron chi connectivity index (χ3n) is 4.34. The van der Waals surface area contributed by atoms with Crippen molar-refractivity contribution in [3.8, 4) is 5.75 Å². The number of amides is 1. The Morgan fingerprint density at radius 1 is 1.30 bits per heavy atom. The summed E-state index contributed by atoms with van der Waals surface area (Å²) in [5, 5.41) is 0. The van der Waals surface area contributed by atoms with E-state index in [1.807, 2.05) is 35.2 Å². The number of benzene rings is 1. The van der Waals surface area contributed by atoms with Crippen LogP contribution >= 0.6 is 0 Å². The quantitative estimate of drug-likeness (QED) is 0.831. The van der Waals surface area contributed by atoms with Gasteiger partial charge in [-0.3, -0.25) is 4.79 Å². The smallest absolute Gasteiger partial charge is 0.219 e. The normalized spacial score (nSPS) is 24.9. The lowest BCUT2D eigenvalue weighted by Gasteiger charge is -2.38. The molecule has 0 bridgehead atoms. The van der Waals surface area contributed by atoms with Gasteiger partial charge in [0.2, 0.25) is 5.91 Å². The van der Waals surface area contributed by atoms with Gasteiger partial charge in [0.1, 0.15) is 11.9 Å². The van der Waals surface area contributed by atoms with Crippen molar-refractivity contribution in [3.63, 3.8) is 0 Å². The molecule has 1 atom stereocenters. The van der Waals surface area contributed by atoms with Crippen LogP contribution < -0.4 is 4.74 Å². The largest absolute Gasteiger partial charge is 0.488 e. The fourth-order valence-corrected chi connectivity index (χ4v) is 3.15. The molecule has 2 aliphatic rings. The highest BCUT2D eigenvalue weighted by Crippen LogP contribution is 2.37. The van der Waals surface area contributed by atoms with Crippen molar-refractivity contribution in [2.75, 3.05) is 19.7 Å². The van der Waals surface area contributed by atoms with Crippen LogP contribution in [0.5, 0.6) is 5.75 Å². The van der Waals surface area contributed by atoms with E-state index in [1.165, 1.54) is 0 Å². The first-order chi connectivity index (χ1) is 9.67. The number of rotatable bonds is 2. The van der Waals surface area contributed by atoms with Gasteiger partial charge in [0.25, 0.3) is 0 Å². The Bertz CT molecular complexity index is 466. The maximum absolute atomic E-state index is 11.4. The molecule has 4 nitrogen and oxygen atoms in total. The van der Waals surface area contributed by atoms with Crippen molar-refractivity contribution >= 4 is 5.91 Å². The molecule has 1 amide bonds. The van der Waals surface area contributed by atoms with Crippen molar-refractivity contribution in [3.05, 3.63) is 30.3 Å². The van der Waals surface area contributed by atoms with Gasteiger partial charge in [-0.2, -0.15) is 0 Å². The molecule has 3 rings (SSSR count). The number of carbonyl (C=O) groups is 1. The highest BCUT2D eigenvalue weighted by atomic mass is 16.6. The number of hydrogen-bond donors (Lipinski definition) is 0. The molecule has 2 saturated heterocycles. The summed E-state index contributed by atoms with van der Waals surface area (Å²) in [7, 11) is 0. The molecule has 2 aliphatic heterocycles. The van der Waals surface area contributed by atoms with Crippen LogP contribution in [0.2, 0.25) is 0 Å². The van der Waals surface area contributed by atoms with Crippen molar-refractivity contribution in [2.45, 2.75) is 37.9 Å². The summed E-state index contributed by atoms with van der Waals surface area (Å²) in [6.45, 7) is 3.88. The fourth-order valence-electron chi connectivity index (χ4n) is 3.15. The lowest BCUT2D eigenvalue weighted by atomic mass is 9.88. The van der Waals surface area contributed by atoms with E-state index in [4.69, 9.17) is 9.47 Å². The maximum atomic E-state index is 11.4. The number of carbonyl (C=O) groups excluding carboxylic acids is 1. The summed E-state index contributed by atoms with van der Waals surface area (Å²) >= 11 is 0. The molecule has 4 heteroatoms. The zero-order valence-corrected chi connectivity index (χ0v) is 11.9. The Labute approximate surface area is 119 Å². The second-order valence-electron chi connectivity index (χ2n) is 5.76. The van der Waals surface area contributed by atoms with Gasteiger partial charge in [0.05, 0.1) is 12.2 Å².